The minimum Gasteiger partial charge on any atom is -0.493 e. The van der Waals surface area contributed by atoms with Crippen molar-refractivity contribution in [3.8, 4) is 22.9 Å². The maximum Gasteiger partial charge on any atom is 0.161 e. The van der Waals surface area contributed by atoms with Crippen LogP contribution in [0, 0.1) is 3.57 Å². The van der Waals surface area contributed by atoms with Gasteiger partial charge in [0.2, 0.25) is 0 Å². The van der Waals surface area contributed by atoms with Gasteiger partial charge in [-0.2, -0.15) is 0 Å². The zero-order chi connectivity index (χ0) is 15.6. The Bertz CT molecular complexity index is 660. The van der Waals surface area contributed by atoms with Crippen molar-refractivity contribution in [2.24, 2.45) is 0 Å². The first-order valence-corrected chi connectivity index (χ1v) is 7.61. The van der Waals surface area contributed by atoms with Gasteiger partial charge in [0.05, 0.1) is 23.5 Å². The van der Waals surface area contributed by atoms with Crippen LogP contribution in [0.1, 0.15) is 25.5 Å². The van der Waals surface area contributed by atoms with Gasteiger partial charge >= 0.3 is 0 Å². The Hall–Kier alpha value is -1.57. The molecule has 0 radical (unpaired) electrons. The van der Waals surface area contributed by atoms with Crippen molar-refractivity contribution in [2.45, 2.75) is 19.8 Å². The maximum atomic E-state index is 6.01. The summed E-state index contributed by atoms with van der Waals surface area (Å²) in [7, 11) is 3.21. The van der Waals surface area contributed by atoms with Crippen LogP contribution in [-0.4, -0.2) is 24.2 Å². The van der Waals surface area contributed by atoms with Gasteiger partial charge < -0.3 is 15.2 Å². The van der Waals surface area contributed by atoms with Crippen molar-refractivity contribution in [3.05, 3.63) is 27.5 Å². The molecule has 0 saturated heterocycles. The van der Waals surface area contributed by atoms with Crippen molar-refractivity contribution < 1.29 is 9.47 Å². The molecule has 2 N–H and O–H groups in total. The lowest BCUT2D eigenvalue weighted by Gasteiger charge is -2.13. The van der Waals surface area contributed by atoms with E-state index in [1.807, 2.05) is 18.2 Å². The topological polar surface area (TPSA) is 70.3 Å². The minimum absolute atomic E-state index is 0.279. The summed E-state index contributed by atoms with van der Waals surface area (Å²) < 4.78 is 11.5. The lowest BCUT2D eigenvalue weighted by atomic mass is 10.1. The zero-order valence-electron chi connectivity index (χ0n) is 12.5. The van der Waals surface area contributed by atoms with Gasteiger partial charge in [0.25, 0.3) is 0 Å². The van der Waals surface area contributed by atoms with E-state index in [0.717, 1.165) is 14.8 Å². The van der Waals surface area contributed by atoms with Crippen molar-refractivity contribution in [3.63, 3.8) is 0 Å². The number of nitrogen functional groups attached to an aromatic ring is 1. The number of nitrogens with two attached hydrogens (primary N) is 1. The third kappa shape index (κ3) is 3.20. The van der Waals surface area contributed by atoms with Gasteiger partial charge in [-0.3, -0.25) is 0 Å². The van der Waals surface area contributed by atoms with Crippen LogP contribution in [0.25, 0.3) is 11.4 Å². The molecular weight excluding hydrogens is 381 g/mol. The van der Waals surface area contributed by atoms with Gasteiger partial charge in [0, 0.05) is 5.56 Å². The van der Waals surface area contributed by atoms with Crippen LogP contribution in [0.15, 0.2) is 18.2 Å². The highest BCUT2D eigenvalue weighted by atomic mass is 127. The fraction of sp³-hybridized carbons (Fsp3) is 0.333. The summed E-state index contributed by atoms with van der Waals surface area (Å²) >= 11 is 2.19. The monoisotopic (exact) mass is 399 g/mol. The number of ether oxygens (including phenoxy) is 2. The molecule has 5 nitrogen and oxygen atoms in total. The highest BCUT2D eigenvalue weighted by Gasteiger charge is 2.15. The highest BCUT2D eigenvalue weighted by molar-refractivity contribution is 14.1. The molecule has 21 heavy (non-hydrogen) atoms. The lowest BCUT2D eigenvalue weighted by Crippen LogP contribution is -2.06. The van der Waals surface area contributed by atoms with Crippen LogP contribution in [0.3, 0.4) is 0 Å². The smallest absolute Gasteiger partial charge is 0.161 e. The average molecular weight is 399 g/mol. The number of aromatic nitrogens is 2. The van der Waals surface area contributed by atoms with Crippen molar-refractivity contribution in [1.82, 2.24) is 9.97 Å². The van der Waals surface area contributed by atoms with E-state index >= 15 is 0 Å². The first-order chi connectivity index (χ1) is 9.97. The van der Waals surface area contributed by atoms with Gasteiger partial charge in [-0.1, -0.05) is 13.8 Å². The largest absolute Gasteiger partial charge is 0.493 e. The highest BCUT2D eigenvalue weighted by Crippen LogP contribution is 2.32. The van der Waals surface area contributed by atoms with Gasteiger partial charge in [0.1, 0.15) is 5.82 Å². The molecule has 2 aromatic rings. The fourth-order valence-electron chi connectivity index (χ4n) is 1.97. The third-order valence-corrected chi connectivity index (χ3v) is 4.20. The van der Waals surface area contributed by atoms with Gasteiger partial charge in [0.15, 0.2) is 17.3 Å². The van der Waals surface area contributed by atoms with Crippen LogP contribution < -0.4 is 15.2 Å². The standard InChI is InChI=1S/C15H18IN3O2/c1-8(2)13-12(16)14(17)19-15(18-13)9-5-6-10(20-3)11(7-9)21-4/h5-8H,1-4H3,(H2,17,18,19). The Balaban J connectivity index is 2.56. The molecule has 0 amide bonds. The molecule has 0 aliphatic heterocycles. The Kier molecular flexibility index (Phi) is 4.87. The number of methoxy groups -OCH3 is 2. The molecule has 0 aliphatic carbocycles. The van der Waals surface area contributed by atoms with E-state index in [1.54, 1.807) is 14.2 Å². The van der Waals surface area contributed by atoms with Crippen molar-refractivity contribution >= 4 is 28.4 Å². The molecule has 1 aromatic carbocycles. The van der Waals surface area contributed by atoms with E-state index in [2.05, 4.69) is 46.4 Å². The molecule has 0 bridgehead atoms. The zero-order valence-corrected chi connectivity index (χ0v) is 14.6. The Morgan fingerprint density at radius 3 is 2.33 bits per heavy atom. The number of hydrogen-bond donors (Lipinski definition) is 1. The van der Waals surface area contributed by atoms with E-state index in [1.165, 1.54) is 0 Å². The quantitative estimate of drug-likeness (QED) is 0.798. The van der Waals surface area contributed by atoms with Crippen molar-refractivity contribution in [1.29, 1.82) is 0 Å². The summed E-state index contributed by atoms with van der Waals surface area (Å²) in [5.74, 6) is 2.68. The van der Waals surface area contributed by atoms with Crippen LogP contribution in [-0.2, 0) is 0 Å². The third-order valence-electron chi connectivity index (χ3n) is 3.09. The van der Waals surface area contributed by atoms with Gasteiger partial charge in [-0.05, 0) is 46.7 Å². The Morgan fingerprint density at radius 2 is 1.76 bits per heavy atom. The second-order valence-corrected chi connectivity index (χ2v) is 5.93. The lowest BCUT2D eigenvalue weighted by molar-refractivity contribution is 0.355. The van der Waals surface area contributed by atoms with Crippen LogP contribution in [0.4, 0.5) is 5.82 Å². The summed E-state index contributed by atoms with van der Waals surface area (Å²) in [6.45, 7) is 4.17. The number of rotatable bonds is 4. The molecule has 0 saturated carbocycles. The fourth-order valence-corrected chi connectivity index (χ4v) is 2.83. The molecule has 2 rings (SSSR count). The number of halogens is 1. The van der Waals surface area contributed by atoms with E-state index in [-0.39, 0.29) is 5.92 Å². The summed E-state index contributed by atoms with van der Waals surface area (Å²) in [4.78, 5) is 9.02. The molecular formula is C15H18IN3O2. The average Bonchev–Trinajstić information content (AvgIpc) is 2.48. The molecule has 0 aliphatic rings. The molecule has 0 spiro atoms. The molecule has 0 unspecified atom stereocenters. The number of anilines is 1. The Labute approximate surface area is 138 Å². The summed E-state index contributed by atoms with van der Waals surface area (Å²) in [5, 5.41) is 0. The first kappa shape index (κ1) is 15.8. The molecule has 1 aromatic heterocycles. The summed E-state index contributed by atoms with van der Waals surface area (Å²) in [6.07, 6.45) is 0. The van der Waals surface area contributed by atoms with Gasteiger partial charge in [-0.25, -0.2) is 9.97 Å². The minimum atomic E-state index is 0.279. The second kappa shape index (κ2) is 6.46. The normalized spacial score (nSPS) is 10.8. The summed E-state index contributed by atoms with van der Waals surface area (Å²) in [6, 6.07) is 5.58. The van der Waals surface area contributed by atoms with E-state index in [0.29, 0.717) is 23.1 Å². The Morgan fingerprint density at radius 1 is 1.10 bits per heavy atom. The molecule has 0 fully saturated rings. The van der Waals surface area contributed by atoms with E-state index in [4.69, 9.17) is 15.2 Å². The molecule has 112 valence electrons. The van der Waals surface area contributed by atoms with Gasteiger partial charge in [-0.15, -0.1) is 0 Å². The van der Waals surface area contributed by atoms with Crippen LogP contribution in [0.2, 0.25) is 0 Å². The second-order valence-electron chi connectivity index (χ2n) is 4.86. The molecule has 0 atom stereocenters. The van der Waals surface area contributed by atoms with E-state index in [9.17, 15) is 0 Å². The molecule has 6 heteroatoms. The number of benzene rings is 1. The molecule has 1 heterocycles. The first-order valence-electron chi connectivity index (χ1n) is 6.53. The van der Waals surface area contributed by atoms with E-state index < -0.39 is 0 Å². The summed E-state index contributed by atoms with van der Waals surface area (Å²) in [5.41, 5.74) is 7.81. The maximum absolute atomic E-state index is 6.01. The van der Waals surface area contributed by atoms with Crippen molar-refractivity contribution in [2.75, 3.05) is 20.0 Å². The predicted molar refractivity (Wildman–Crippen MR) is 91.8 cm³/mol. The SMILES string of the molecule is COc1ccc(-c2nc(N)c(I)c(C(C)C)n2)cc1OC. The van der Waals surface area contributed by atoms with Crippen LogP contribution >= 0.6 is 22.6 Å². The number of hydrogen-bond acceptors (Lipinski definition) is 5. The van der Waals surface area contributed by atoms with Crippen LogP contribution in [0.5, 0.6) is 11.5 Å². The number of nitrogens with zero attached hydrogens (tertiary/aromatic N) is 2. The predicted octanol–water partition coefficient (Wildman–Crippen LogP) is 3.47.